The van der Waals surface area contributed by atoms with Crippen LogP contribution in [0, 0.1) is 0 Å². The third-order valence-corrected chi connectivity index (χ3v) is 4.59. The smallest absolute Gasteiger partial charge is 0.416 e. The highest BCUT2D eigenvalue weighted by atomic mass is 19.4. The summed E-state index contributed by atoms with van der Waals surface area (Å²) in [6.45, 7) is 2.54. The van der Waals surface area contributed by atoms with Crippen molar-refractivity contribution in [3.8, 4) is 11.5 Å². The van der Waals surface area contributed by atoms with Crippen molar-refractivity contribution in [3.05, 3.63) is 53.6 Å². The van der Waals surface area contributed by atoms with Crippen LogP contribution in [0.25, 0.3) is 0 Å². The molecule has 0 saturated carbocycles. The number of rotatable bonds is 5. The minimum Gasteiger partial charge on any atom is -0.486 e. The Kier molecular flexibility index (Phi) is 5.79. The fourth-order valence-electron chi connectivity index (χ4n) is 2.91. The Morgan fingerprint density at radius 3 is 2.54 bits per heavy atom. The van der Waals surface area contributed by atoms with Crippen LogP contribution in [0.2, 0.25) is 0 Å². The third kappa shape index (κ3) is 4.56. The molecule has 2 aromatic rings. The minimum absolute atomic E-state index is 0.00852. The van der Waals surface area contributed by atoms with E-state index < -0.39 is 17.8 Å². The molecule has 1 N–H and O–H groups in total. The Bertz CT molecular complexity index is 855. The molecule has 0 fully saturated rings. The molecule has 1 heterocycles. The maximum absolute atomic E-state index is 13.2. The number of halogens is 3. The Morgan fingerprint density at radius 1 is 1.14 bits per heavy atom. The summed E-state index contributed by atoms with van der Waals surface area (Å²) in [4.78, 5) is 14.1. The maximum atomic E-state index is 13.2. The Labute approximate surface area is 161 Å². The number of amides is 1. The van der Waals surface area contributed by atoms with Gasteiger partial charge in [-0.05, 0) is 37.7 Å². The summed E-state index contributed by atoms with van der Waals surface area (Å²) < 4.78 is 50.4. The van der Waals surface area contributed by atoms with Crippen LogP contribution in [0.1, 0.15) is 18.1 Å². The normalized spacial score (nSPS) is 14.6. The highest BCUT2D eigenvalue weighted by molar-refractivity contribution is 5.94. The average Bonchev–Trinajstić information content (AvgIpc) is 2.66. The molecule has 2 aromatic carbocycles. The number of nitrogens with zero attached hydrogens (tertiary/aromatic N) is 1. The second kappa shape index (κ2) is 8.10. The lowest BCUT2D eigenvalue weighted by Crippen LogP contribution is -2.39. The number of ether oxygens (including phenoxy) is 2. The summed E-state index contributed by atoms with van der Waals surface area (Å²) >= 11 is 0. The zero-order valence-electron chi connectivity index (χ0n) is 15.5. The van der Waals surface area contributed by atoms with Gasteiger partial charge in [0.25, 0.3) is 0 Å². The molecule has 0 bridgehead atoms. The number of fused-ring (bicyclic) bond motifs is 1. The Balaban J connectivity index is 1.67. The van der Waals surface area contributed by atoms with E-state index in [2.05, 4.69) is 5.32 Å². The summed E-state index contributed by atoms with van der Waals surface area (Å²) in [5, 5.41) is 2.76. The van der Waals surface area contributed by atoms with Gasteiger partial charge >= 0.3 is 6.18 Å². The van der Waals surface area contributed by atoms with Gasteiger partial charge < -0.3 is 14.8 Å². The third-order valence-electron chi connectivity index (χ3n) is 4.59. The quantitative estimate of drug-likeness (QED) is 0.835. The first kappa shape index (κ1) is 20.0. The molecule has 0 aliphatic carbocycles. The SMILES string of the molecule is CC(C(=O)Nc1ccc2c(c1)OCCO2)N(C)Cc1ccccc1C(F)(F)F. The van der Waals surface area contributed by atoms with E-state index in [9.17, 15) is 18.0 Å². The first-order chi connectivity index (χ1) is 13.3. The van der Waals surface area contributed by atoms with Crippen molar-refractivity contribution >= 4 is 11.6 Å². The fourth-order valence-corrected chi connectivity index (χ4v) is 2.91. The Hall–Kier alpha value is -2.74. The number of alkyl halides is 3. The van der Waals surface area contributed by atoms with Crippen LogP contribution < -0.4 is 14.8 Å². The van der Waals surface area contributed by atoms with E-state index in [1.807, 2.05) is 0 Å². The lowest BCUT2D eigenvalue weighted by Gasteiger charge is -2.25. The number of benzene rings is 2. The van der Waals surface area contributed by atoms with Gasteiger partial charge in [0.15, 0.2) is 11.5 Å². The van der Waals surface area contributed by atoms with Gasteiger partial charge in [0.2, 0.25) is 5.91 Å². The molecule has 1 aliphatic heterocycles. The molecule has 28 heavy (non-hydrogen) atoms. The molecule has 1 aliphatic rings. The van der Waals surface area contributed by atoms with Crippen molar-refractivity contribution < 1.29 is 27.4 Å². The van der Waals surface area contributed by atoms with Crippen LogP contribution >= 0.6 is 0 Å². The lowest BCUT2D eigenvalue weighted by atomic mass is 10.1. The molecule has 0 aromatic heterocycles. The first-order valence-corrected chi connectivity index (χ1v) is 8.81. The maximum Gasteiger partial charge on any atom is 0.416 e. The zero-order chi connectivity index (χ0) is 20.3. The van der Waals surface area contributed by atoms with Gasteiger partial charge in [-0.1, -0.05) is 18.2 Å². The van der Waals surface area contributed by atoms with Gasteiger partial charge in [-0.25, -0.2) is 0 Å². The van der Waals surface area contributed by atoms with Gasteiger partial charge in [0.05, 0.1) is 11.6 Å². The predicted octanol–water partition coefficient (Wildman–Crippen LogP) is 3.94. The van der Waals surface area contributed by atoms with E-state index >= 15 is 0 Å². The molecule has 0 radical (unpaired) electrons. The minimum atomic E-state index is -4.44. The van der Waals surface area contributed by atoms with Crippen molar-refractivity contribution in [1.82, 2.24) is 4.90 Å². The van der Waals surface area contributed by atoms with Crippen LogP contribution in [-0.2, 0) is 17.5 Å². The largest absolute Gasteiger partial charge is 0.486 e. The van der Waals surface area contributed by atoms with Crippen molar-refractivity contribution in [3.63, 3.8) is 0 Å². The van der Waals surface area contributed by atoms with Crippen LogP contribution in [0.5, 0.6) is 11.5 Å². The molecule has 1 unspecified atom stereocenters. The Morgan fingerprint density at radius 2 is 1.82 bits per heavy atom. The van der Waals surface area contributed by atoms with Gasteiger partial charge in [-0.3, -0.25) is 9.69 Å². The number of hydrogen-bond acceptors (Lipinski definition) is 4. The van der Waals surface area contributed by atoms with Gasteiger partial charge in [0, 0.05) is 18.3 Å². The van der Waals surface area contributed by atoms with Crippen molar-refractivity contribution in [2.75, 3.05) is 25.6 Å². The molecular formula is C20H21F3N2O3. The molecule has 1 atom stereocenters. The molecule has 1 amide bonds. The van der Waals surface area contributed by atoms with Crippen molar-refractivity contribution in [1.29, 1.82) is 0 Å². The van der Waals surface area contributed by atoms with Crippen molar-refractivity contribution in [2.24, 2.45) is 0 Å². The van der Waals surface area contributed by atoms with Crippen LogP contribution in [0.3, 0.4) is 0 Å². The molecule has 8 heteroatoms. The van der Waals surface area contributed by atoms with Crippen molar-refractivity contribution in [2.45, 2.75) is 25.7 Å². The second-order valence-electron chi connectivity index (χ2n) is 6.59. The van der Waals surface area contributed by atoms with E-state index in [4.69, 9.17) is 9.47 Å². The van der Waals surface area contributed by atoms with Crippen LogP contribution in [0.15, 0.2) is 42.5 Å². The first-order valence-electron chi connectivity index (χ1n) is 8.81. The molecule has 150 valence electrons. The van der Waals surface area contributed by atoms with Gasteiger partial charge in [0.1, 0.15) is 13.2 Å². The number of likely N-dealkylation sites (N-methyl/N-ethyl adjacent to an activating group) is 1. The molecule has 3 rings (SSSR count). The van der Waals surface area contributed by atoms with E-state index in [1.165, 1.54) is 12.1 Å². The van der Waals surface area contributed by atoms with E-state index in [-0.39, 0.29) is 18.0 Å². The fraction of sp³-hybridized carbons (Fsp3) is 0.350. The lowest BCUT2D eigenvalue weighted by molar-refractivity contribution is -0.138. The number of anilines is 1. The predicted molar refractivity (Wildman–Crippen MR) is 98.4 cm³/mol. The van der Waals surface area contributed by atoms with E-state index in [0.717, 1.165) is 6.07 Å². The standard InChI is InChI=1S/C20H21F3N2O3/c1-13(25(2)12-14-5-3-4-6-16(14)20(21,22)23)19(26)24-15-7-8-17-18(11-15)28-10-9-27-17/h3-8,11,13H,9-10,12H2,1-2H3,(H,24,26). The van der Waals surface area contributed by atoms with E-state index in [1.54, 1.807) is 43.1 Å². The average molecular weight is 394 g/mol. The van der Waals surface area contributed by atoms with E-state index in [0.29, 0.717) is 30.4 Å². The number of carbonyl (C=O) groups excluding carboxylic acids is 1. The number of hydrogen-bond donors (Lipinski definition) is 1. The zero-order valence-corrected chi connectivity index (χ0v) is 15.5. The number of carbonyl (C=O) groups is 1. The summed E-state index contributed by atoms with van der Waals surface area (Å²) in [6.07, 6.45) is -4.44. The molecule has 0 spiro atoms. The highest BCUT2D eigenvalue weighted by Crippen LogP contribution is 2.33. The second-order valence-corrected chi connectivity index (χ2v) is 6.59. The van der Waals surface area contributed by atoms with Crippen LogP contribution in [-0.4, -0.2) is 37.1 Å². The molecule has 0 saturated heterocycles. The highest BCUT2D eigenvalue weighted by Gasteiger charge is 2.33. The molecular weight excluding hydrogens is 373 g/mol. The summed E-state index contributed by atoms with van der Waals surface area (Å²) in [6, 6.07) is 9.79. The molecule has 5 nitrogen and oxygen atoms in total. The van der Waals surface area contributed by atoms with Gasteiger partial charge in [-0.15, -0.1) is 0 Å². The summed E-state index contributed by atoms with van der Waals surface area (Å²) in [5.41, 5.74) is -0.0389. The monoisotopic (exact) mass is 394 g/mol. The summed E-state index contributed by atoms with van der Waals surface area (Å²) in [5.74, 6) is 0.825. The number of nitrogens with one attached hydrogen (secondary N) is 1. The topological polar surface area (TPSA) is 50.8 Å². The summed E-state index contributed by atoms with van der Waals surface area (Å²) in [7, 11) is 1.61. The van der Waals surface area contributed by atoms with Gasteiger partial charge in [-0.2, -0.15) is 13.2 Å². The van der Waals surface area contributed by atoms with Crippen LogP contribution in [0.4, 0.5) is 18.9 Å².